The van der Waals surface area contributed by atoms with E-state index in [-0.39, 0.29) is 42.3 Å². The van der Waals surface area contributed by atoms with Gasteiger partial charge in [0.15, 0.2) is 5.78 Å². The molecule has 0 spiro atoms. The number of pyridine rings is 1. The molecule has 2 aromatic rings. The molecule has 0 radical (unpaired) electrons. The Kier molecular flexibility index (Phi) is 5.55. The Labute approximate surface area is 156 Å². The minimum Gasteiger partial charge on any atom is -0.535 e. The number of para-hydroxylation sites is 1. The zero-order valence-corrected chi connectivity index (χ0v) is 14.6. The lowest BCUT2D eigenvalue weighted by atomic mass is 9.64. The molecule has 8 nitrogen and oxygen atoms in total. The van der Waals surface area contributed by atoms with Crippen molar-refractivity contribution in [3.05, 3.63) is 58.4 Å². The molecule has 1 atom stereocenters. The van der Waals surface area contributed by atoms with Gasteiger partial charge in [0.1, 0.15) is 11.4 Å². The Balaban J connectivity index is 1.79. The van der Waals surface area contributed by atoms with Gasteiger partial charge >= 0.3 is 13.1 Å². The number of ketones is 1. The van der Waals surface area contributed by atoms with Crippen molar-refractivity contribution in [1.29, 1.82) is 0 Å². The summed E-state index contributed by atoms with van der Waals surface area (Å²) in [5.74, 6) is -1.74. The average Bonchev–Trinajstić information content (AvgIpc) is 2.67. The summed E-state index contributed by atoms with van der Waals surface area (Å²) in [5.41, 5.74) is 13.5. The van der Waals surface area contributed by atoms with E-state index in [4.69, 9.17) is 16.1 Å². The van der Waals surface area contributed by atoms with Crippen molar-refractivity contribution in [3.63, 3.8) is 0 Å². The molecule has 1 aromatic carbocycles. The third kappa shape index (κ3) is 3.85. The number of Topliss-reactive ketones (excluding diaryl/α,β-unsaturated/α-hetero) is 1. The molecule has 0 saturated heterocycles. The van der Waals surface area contributed by atoms with Crippen LogP contribution in [0.25, 0.3) is 0 Å². The third-order valence-electron chi connectivity index (χ3n) is 4.67. The molecule has 0 unspecified atom stereocenters. The number of hydrogen-bond acceptors (Lipinski definition) is 7. The van der Waals surface area contributed by atoms with E-state index in [1.807, 2.05) is 0 Å². The number of carboxylic acid groups (broad SMARTS) is 1. The van der Waals surface area contributed by atoms with E-state index in [9.17, 15) is 19.7 Å². The number of carbonyl (C=O) groups is 2. The molecule has 140 valence electrons. The Morgan fingerprint density at radius 2 is 2.00 bits per heavy atom. The number of hydrogen-bond donors (Lipinski definition) is 4. The van der Waals surface area contributed by atoms with Crippen LogP contribution in [0.3, 0.4) is 0 Å². The molecule has 9 heteroatoms. The molecule has 1 aliphatic heterocycles. The highest BCUT2D eigenvalue weighted by atomic mass is 16.5. The average molecular weight is 369 g/mol. The zero-order chi connectivity index (χ0) is 19.6. The Morgan fingerprint density at radius 1 is 1.22 bits per heavy atom. The number of rotatable bonds is 6. The summed E-state index contributed by atoms with van der Waals surface area (Å²) in [6.07, 6.45) is 0.338. The second kappa shape index (κ2) is 7.87. The summed E-state index contributed by atoms with van der Waals surface area (Å²) in [6, 6.07) is 8.08. The zero-order valence-electron chi connectivity index (χ0n) is 14.6. The van der Waals surface area contributed by atoms with Gasteiger partial charge in [-0.15, -0.1) is 0 Å². The Morgan fingerprint density at radius 3 is 2.67 bits per heavy atom. The lowest BCUT2D eigenvalue weighted by Gasteiger charge is -2.27. The van der Waals surface area contributed by atoms with Crippen LogP contribution in [0.4, 0.5) is 0 Å². The van der Waals surface area contributed by atoms with Crippen LogP contribution < -0.4 is 16.1 Å². The monoisotopic (exact) mass is 369 g/mol. The normalized spacial score (nSPS) is 15.8. The molecule has 0 fully saturated rings. The van der Waals surface area contributed by atoms with E-state index in [2.05, 4.69) is 4.98 Å². The number of carbonyl (C=O) groups excluding carboxylic acids is 1. The first-order chi connectivity index (χ1) is 12.9. The fourth-order valence-corrected chi connectivity index (χ4v) is 3.22. The number of carboxylic acids is 1. The van der Waals surface area contributed by atoms with Gasteiger partial charge in [-0.25, -0.2) is 9.78 Å². The van der Waals surface area contributed by atoms with Crippen molar-refractivity contribution in [2.75, 3.05) is 0 Å². The smallest absolute Gasteiger partial charge is 0.526 e. The highest BCUT2D eigenvalue weighted by Gasteiger charge is 2.38. The number of benzene rings is 1. The molecule has 0 aliphatic carbocycles. The molecule has 2 heterocycles. The lowest BCUT2D eigenvalue weighted by Crippen LogP contribution is -2.36. The first kappa shape index (κ1) is 19.0. The van der Waals surface area contributed by atoms with E-state index >= 15 is 0 Å². The number of aromatic carboxylic acids is 1. The van der Waals surface area contributed by atoms with Gasteiger partial charge in [-0.1, -0.05) is 18.2 Å². The van der Waals surface area contributed by atoms with E-state index < -0.39 is 18.9 Å². The number of aromatic nitrogens is 1. The summed E-state index contributed by atoms with van der Waals surface area (Å²) in [6.45, 7) is 0.458. The first-order valence-electron chi connectivity index (χ1n) is 8.56. The van der Waals surface area contributed by atoms with Crippen LogP contribution >= 0.6 is 0 Å². The molecule has 27 heavy (non-hydrogen) atoms. The van der Waals surface area contributed by atoms with Gasteiger partial charge in [0.25, 0.3) is 0 Å². The van der Waals surface area contributed by atoms with Crippen molar-refractivity contribution in [2.24, 2.45) is 11.5 Å². The van der Waals surface area contributed by atoms with Crippen LogP contribution in [0.2, 0.25) is 5.82 Å². The van der Waals surface area contributed by atoms with Crippen LogP contribution in [-0.4, -0.2) is 34.0 Å². The van der Waals surface area contributed by atoms with E-state index in [1.54, 1.807) is 24.3 Å². The van der Waals surface area contributed by atoms with Crippen molar-refractivity contribution < 1.29 is 24.4 Å². The molecule has 1 aliphatic rings. The maximum Gasteiger partial charge on any atom is 0.526 e. The third-order valence-corrected chi connectivity index (χ3v) is 4.67. The van der Waals surface area contributed by atoms with Crippen LogP contribution in [0.5, 0.6) is 5.75 Å². The minimum atomic E-state index is -1.28. The summed E-state index contributed by atoms with van der Waals surface area (Å²) in [5, 5.41) is 19.5. The first-order valence-corrected chi connectivity index (χ1v) is 8.56. The van der Waals surface area contributed by atoms with Gasteiger partial charge in [0, 0.05) is 25.3 Å². The molecular formula is C18H20BN3O5. The van der Waals surface area contributed by atoms with Crippen LogP contribution in [0.15, 0.2) is 30.3 Å². The van der Waals surface area contributed by atoms with Crippen LogP contribution in [-0.2, 0) is 19.5 Å². The van der Waals surface area contributed by atoms with Gasteiger partial charge in [0.2, 0.25) is 0 Å². The predicted octanol–water partition coefficient (Wildman–Crippen LogP) is 0.756. The Bertz CT molecular complexity index is 889. The molecule has 3 rings (SSSR count). The van der Waals surface area contributed by atoms with E-state index in [0.717, 1.165) is 5.56 Å². The minimum absolute atomic E-state index is 0.0108. The van der Waals surface area contributed by atoms with Crippen molar-refractivity contribution in [2.45, 2.75) is 31.7 Å². The summed E-state index contributed by atoms with van der Waals surface area (Å²) in [4.78, 5) is 28.2. The van der Waals surface area contributed by atoms with E-state index in [1.165, 1.54) is 6.07 Å². The second-order valence-corrected chi connectivity index (χ2v) is 6.41. The van der Waals surface area contributed by atoms with Crippen molar-refractivity contribution in [1.82, 2.24) is 4.98 Å². The topological polar surface area (TPSA) is 149 Å². The number of fused-ring (bicyclic) bond motifs is 1. The highest BCUT2D eigenvalue weighted by Crippen LogP contribution is 2.36. The number of nitrogens with two attached hydrogens (primary N) is 2. The maximum atomic E-state index is 12.6. The quantitative estimate of drug-likeness (QED) is 0.431. The fourth-order valence-electron chi connectivity index (χ4n) is 3.22. The Hall–Kier alpha value is -2.75. The SMILES string of the molecule is NCc1ccc(C(=O)C[C@H]2Cc3cccc(C(=O)O)c3OB2O)nc1CN. The molecular weight excluding hydrogens is 349 g/mol. The second-order valence-electron chi connectivity index (χ2n) is 6.41. The maximum absolute atomic E-state index is 12.6. The van der Waals surface area contributed by atoms with Gasteiger partial charge in [-0.3, -0.25) is 4.79 Å². The number of nitrogens with zero attached hydrogens (tertiary/aromatic N) is 1. The molecule has 0 bridgehead atoms. The van der Waals surface area contributed by atoms with Gasteiger partial charge < -0.3 is 26.3 Å². The standard InChI is InChI=1S/C18H20BN3O5/c20-8-11-4-5-14(22-15(11)9-21)16(23)7-12-6-10-2-1-3-13(18(24)25)17(10)27-19(12)26/h1-5,12,26H,6-9,20-21H2,(H,24,25)/t12-/m1/s1. The van der Waals surface area contributed by atoms with Gasteiger partial charge in [-0.05, 0) is 29.7 Å². The largest absolute Gasteiger partial charge is 0.535 e. The molecule has 1 aromatic heterocycles. The molecule has 0 saturated carbocycles. The van der Waals surface area contributed by atoms with Crippen molar-refractivity contribution >= 4 is 18.9 Å². The summed E-state index contributed by atoms with van der Waals surface area (Å²) in [7, 11) is -1.28. The lowest BCUT2D eigenvalue weighted by molar-refractivity contribution is 0.0693. The highest BCUT2D eigenvalue weighted by molar-refractivity contribution is 6.47. The summed E-state index contributed by atoms with van der Waals surface area (Å²) < 4.78 is 5.42. The van der Waals surface area contributed by atoms with Crippen LogP contribution in [0, 0.1) is 0 Å². The van der Waals surface area contributed by atoms with Gasteiger partial charge in [-0.2, -0.15) is 0 Å². The van der Waals surface area contributed by atoms with E-state index in [0.29, 0.717) is 17.7 Å². The van der Waals surface area contributed by atoms with Crippen LogP contribution in [0.1, 0.15) is 44.1 Å². The molecule has 6 N–H and O–H groups in total. The molecule has 0 amide bonds. The summed E-state index contributed by atoms with van der Waals surface area (Å²) >= 11 is 0. The predicted molar refractivity (Wildman–Crippen MR) is 98.4 cm³/mol. The fraction of sp³-hybridized carbons (Fsp3) is 0.278. The van der Waals surface area contributed by atoms with Gasteiger partial charge in [0.05, 0.1) is 11.3 Å². The van der Waals surface area contributed by atoms with Crippen molar-refractivity contribution in [3.8, 4) is 5.75 Å².